The minimum absolute atomic E-state index is 0.0908. The van der Waals surface area contributed by atoms with E-state index in [0.717, 1.165) is 17.0 Å². The van der Waals surface area contributed by atoms with Gasteiger partial charge in [0.15, 0.2) is 11.5 Å². The maximum absolute atomic E-state index is 14.2. The lowest BCUT2D eigenvalue weighted by Crippen LogP contribution is -2.06. The first kappa shape index (κ1) is 20.6. The van der Waals surface area contributed by atoms with E-state index in [1.165, 1.54) is 35.0 Å². The summed E-state index contributed by atoms with van der Waals surface area (Å²) in [5.41, 5.74) is 11.3. The standard InChI is InChI=1S/C24H19F2N7/c1-13-10-16(11-14(2)29-13)21-22(15-5-7-17(25)8-6-15)31-24(27)33-23(21)30-20(32-33)12-19-18(26)4-3-9-28-19/h3-11H,12H2,1-2H3,(H2,27,31). The summed E-state index contributed by atoms with van der Waals surface area (Å²) in [6, 6.07) is 12.7. The minimum atomic E-state index is -0.435. The van der Waals surface area contributed by atoms with Crippen molar-refractivity contribution in [3.63, 3.8) is 0 Å². The summed E-state index contributed by atoms with van der Waals surface area (Å²) in [5.74, 6) is -0.334. The normalized spacial score (nSPS) is 11.3. The molecule has 0 saturated carbocycles. The van der Waals surface area contributed by atoms with Gasteiger partial charge in [-0.15, -0.1) is 5.10 Å². The van der Waals surface area contributed by atoms with Crippen LogP contribution in [0.1, 0.15) is 22.9 Å². The van der Waals surface area contributed by atoms with Crippen LogP contribution in [-0.4, -0.2) is 29.5 Å². The number of benzene rings is 1. The Kier molecular flexibility index (Phi) is 5.01. The molecule has 0 atom stereocenters. The number of pyridine rings is 2. The maximum atomic E-state index is 14.2. The number of anilines is 1. The van der Waals surface area contributed by atoms with Crippen molar-refractivity contribution in [1.82, 2.24) is 29.5 Å². The molecule has 5 aromatic rings. The second-order valence-corrected chi connectivity index (χ2v) is 7.71. The van der Waals surface area contributed by atoms with E-state index in [-0.39, 0.29) is 23.9 Å². The molecule has 0 radical (unpaired) electrons. The fourth-order valence-electron chi connectivity index (χ4n) is 3.83. The van der Waals surface area contributed by atoms with Crippen LogP contribution >= 0.6 is 0 Å². The third-order valence-corrected chi connectivity index (χ3v) is 5.20. The zero-order valence-corrected chi connectivity index (χ0v) is 17.9. The van der Waals surface area contributed by atoms with Gasteiger partial charge in [-0.25, -0.2) is 18.7 Å². The molecule has 0 amide bonds. The number of hydrogen-bond donors (Lipinski definition) is 1. The van der Waals surface area contributed by atoms with Crippen LogP contribution in [0.15, 0.2) is 54.7 Å². The van der Waals surface area contributed by atoms with E-state index >= 15 is 0 Å². The zero-order chi connectivity index (χ0) is 23.1. The molecular formula is C24H19F2N7. The van der Waals surface area contributed by atoms with Gasteiger partial charge in [-0.05, 0) is 67.9 Å². The number of nitrogens with two attached hydrogens (primary N) is 1. The molecule has 0 spiro atoms. The molecule has 164 valence electrons. The first-order valence-corrected chi connectivity index (χ1v) is 10.2. The van der Waals surface area contributed by atoms with Gasteiger partial charge < -0.3 is 5.73 Å². The summed E-state index contributed by atoms with van der Waals surface area (Å²) in [6.45, 7) is 3.80. The van der Waals surface area contributed by atoms with Crippen molar-refractivity contribution >= 4 is 11.6 Å². The van der Waals surface area contributed by atoms with Crippen molar-refractivity contribution in [3.05, 3.63) is 89.3 Å². The number of aromatic nitrogens is 6. The monoisotopic (exact) mass is 443 g/mol. The van der Waals surface area contributed by atoms with E-state index in [0.29, 0.717) is 28.3 Å². The quantitative estimate of drug-likeness (QED) is 0.445. The van der Waals surface area contributed by atoms with Gasteiger partial charge in [0.25, 0.3) is 0 Å². The molecule has 9 heteroatoms. The molecule has 5 rings (SSSR count). The Labute approximate surface area is 188 Å². The molecule has 7 nitrogen and oxygen atoms in total. The van der Waals surface area contributed by atoms with Crippen LogP contribution in [0, 0.1) is 25.5 Å². The van der Waals surface area contributed by atoms with Crippen molar-refractivity contribution in [3.8, 4) is 22.4 Å². The molecule has 0 unspecified atom stereocenters. The van der Waals surface area contributed by atoms with Crippen molar-refractivity contribution in [1.29, 1.82) is 0 Å². The Hall–Kier alpha value is -4.27. The molecule has 2 N–H and O–H groups in total. The van der Waals surface area contributed by atoms with Crippen molar-refractivity contribution < 1.29 is 8.78 Å². The van der Waals surface area contributed by atoms with E-state index in [4.69, 9.17) is 5.73 Å². The number of halogens is 2. The SMILES string of the molecule is Cc1cc(-c2c(-c3ccc(F)cc3)nc(N)n3nc(Cc4ncccc4F)nc23)cc(C)n1. The average molecular weight is 443 g/mol. The van der Waals surface area contributed by atoms with E-state index in [1.54, 1.807) is 12.1 Å². The first-order valence-electron chi connectivity index (χ1n) is 10.2. The summed E-state index contributed by atoms with van der Waals surface area (Å²) in [7, 11) is 0. The molecule has 4 heterocycles. The molecular weight excluding hydrogens is 424 g/mol. The Morgan fingerprint density at radius 3 is 2.33 bits per heavy atom. The largest absolute Gasteiger partial charge is 0.368 e. The third kappa shape index (κ3) is 3.89. The van der Waals surface area contributed by atoms with Crippen LogP contribution in [0.2, 0.25) is 0 Å². The lowest BCUT2D eigenvalue weighted by Gasteiger charge is -2.13. The first-order chi connectivity index (χ1) is 15.9. The van der Waals surface area contributed by atoms with Gasteiger partial charge in [0.1, 0.15) is 11.6 Å². The highest BCUT2D eigenvalue weighted by Crippen LogP contribution is 2.35. The molecule has 0 fully saturated rings. The number of rotatable bonds is 4. The molecule has 0 saturated heterocycles. The summed E-state index contributed by atoms with van der Waals surface area (Å²) in [4.78, 5) is 17.8. The van der Waals surface area contributed by atoms with Crippen LogP contribution < -0.4 is 5.73 Å². The van der Waals surface area contributed by atoms with Crippen LogP contribution in [-0.2, 0) is 6.42 Å². The summed E-state index contributed by atoms with van der Waals surface area (Å²) < 4.78 is 29.2. The average Bonchev–Trinajstić information content (AvgIpc) is 3.19. The second-order valence-electron chi connectivity index (χ2n) is 7.71. The van der Waals surface area contributed by atoms with Gasteiger partial charge in [-0.3, -0.25) is 9.97 Å². The maximum Gasteiger partial charge on any atom is 0.223 e. The van der Waals surface area contributed by atoms with Crippen molar-refractivity contribution in [2.45, 2.75) is 20.3 Å². The Bertz CT molecular complexity index is 1470. The lowest BCUT2D eigenvalue weighted by molar-refractivity contribution is 0.601. The third-order valence-electron chi connectivity index (χ3n) is 5.20. The van der Waals surface area contributed by atoms with Gasteiger partial charge in [-0.2, -0.15) is 4.52 Å². The number of fused-ring (bicyclic) bond motifs is 1. The summed E-state index contributed by atoms with van der Waals surface area (Å²) in [5, 5.41) is 4.46. The van der Waals surface area contributed by atoms with Gasteiger partial charge in [-0.1, -0.05) is 0 Å². The highest BCUT2D eigenvalue weighted by molar-refractivity contribution is 5.90. The summed E-state index contributed by atoms with van der Waals surface area (Å²) in [6.07, 6.45) is 1.61. The fraction of sp³-hybridized carbons (Fsp3) is 0.125. The predicted molar refractivity (Wildman–Crippen MR) is 120 cm³/mol. The lowest BCUT2D eigenvalue weighted by atomic mass is 9.99. The van der Waals surface area contributed by atoms with E-state index in [9.17, 15) is 8.78 Å². The molecule has 0 aliphatic carbocycles. The van der Waals surface area contributed by atoms with Crippen LogP contribution in [0.4, 0.5) is 14.7 Å². The van der Waals surface area contributed by atoms with E-state index in [2.05, 4.69) is 25.0 Å². The molecule has 4 aromatic heterocycles. The van der Waals surface area contributed by atoms with Crippen molar-refractivity contribution in [2.75, 3.05) is 5.73 Å². The van der Waals surface area contributed by atoms with Crippen LogP contribution in [0.25, 0.3) is 28.0 Å². The Balaban J connectivity index is 1.77. The molecule has 0 aliphatic heterocycles. The minimum Gasteiger partial charge on any atom is -0.368 e. The molecule has 33 heavy (non-hydrogen) atoms. The smallest absolute Gasteiger partial charge is 0.223 e. The number of nitrogens with zero attached hydrogens (tertiary/aromatic N) is 6. The van der Waals surface area contributed by atoms with Gasteiger partial charge >= 0.3 is 0 Å². The molecule has 0 bridgehead atoms. The Morgan fingerprint density at radius 2 is 1.64 bits per heavy atom. The van der Waals surface area contributed by atoms with Crippen molar-refractivity contribution in [2.24, 2.45) is 0 Å². The molecule has 0 aliphatic rings. The van der Waals surface area contributed by atoms with E-state index < -0.39 is 5.82 Å². The second kappa shape index (κ2) is 8.01. The highest BCUT2D eigenvalue weighted by Gasteiger charge is 2.21. The molecule has 1 aromatic carbocycles. The van der Waals surface area contributed by atoms with Gasteiger partial charge in [0, 0.05) is 23.1 Å². The topological polar surface area (TPSA) is 94.9 Å². The van der Waals surface area contributed by atoms with Gasteiger partial charge in [0.2, 0.25) is 5.95 Å². The van der Waals surface area contributed by atoms with Crippen LogP contribution in [0.5, 0.6) is 0 Å². The van der Waals surface area contributed by atoms with Crippen LogP contribution in [0.3, 0.4) is 0 Å². The highest BCUT2D eigenvalue weighted by atomic mass is 19.1. The number of nitrogen functional groups attached to an aromatic ring is 1. The Morgan fingerprint density at radius 1 is 0.909 bits per heavy atom. The van der Waals surface area contributed by atoms with E-state index in [1.807, 2.05) is 26.0 Å². The van der Waals surface area contributed by atoms with Gasteiger partial charge in [0.05, 0.1) is 23.4 Å². The zero-order valence-electron chi connectivity index (χ0n) is 17.9. The number of hydrogen-bond acceptors (Lipinski definition) is 6. The predicted octanol–water partition coefficient (Wildman–Crippen LogP) is 4.32. The fourth-order valence-corrected chi connectivity index (χ4v) is 3.83. The summed E-state index contributed by atoms with van der Waals surface area (Å²) >= 11 is 0. The number of aryl methyl sites for hydroxylation is 2.